The first-order chi connectivity index (χ1) is 14.6. The molecule has 1 amide bonds. The molecule has 4 rings (SSSR count). The van der Waals surface area contributed by atoms with Crippen LogP contribution >= 0.6 is 0 Å². The minimum absolute atomic E-state index is 0.0911. The Morgan fingerprint density at radius 3 is 2.60 bits per heavy atom. The lowest BCUT2D eigenvalue weighted by Crippen LogP contribution is -2.43. The zero-order chi connectivity index (χ0) is 20.9. The maximum Gasteiger partial charge on any atom is 0.278 e. The van der Waals surface area contributed by atoms with Crippen molar-refractivity contribution in [2.75, 3.05) is 32.8 Å². The van der Waals surface area contributed by atoms with E-state index in [9.17, 15) is 4.79 Å². The molecule has 1 aromatic heterocycles. The first-order valence-electron chi connectivity index (χ1n) is 11.1. The van der Waals surface area contributed by atoms with E-state index in [1.165, 1.54) is 11.1 Å². The van der Waals surface area contributed by atoms with E-state index in [1.807, 2.05) is 4.90 Å². The molecule has 2 aliphatic rings. The van der Waals surface area contributed by atoms with Crippen LogP contribution in [-0.4, -0.2) is 64.9 Å². The number of hydrogen-bond donors (Lipinski definition) is 0. The van der Waals surface area contributed by atoms with Gasteiger partial charge in [0.15, 0.2) is 5.69 Å². The fraction of sp³-hybridized carbons (Fsp3) is 0.609. The van der Waals surface area contributed by atoms with Crippen LogP contribution in [0.4, 0.5) is 0 Å². The van der Waals surface area contributed by atoms with E-state index in [-0.39, 0.29) is 12.0 Å². The van der Waals surface area contributed by atoms with Gasteiger partial charge in [0.2, 0.25) is 0 Å². The van der Waals surface area contributed by atoms with Crippen molar-refractivity contribution in [3.05, 3.63) is 46.8 Å². The molecule has 3 heterocycles. The summed E-state index contributed by atoms with van der Waals surface area (Å²) in [7, 11) is 0. The SMILES string of the molecule is Cc1ccccc1CN1CCC(CN(C[C@H]2CCCO2)C(=O)c2nonc2C)CC1. The first-order valence-corrected chi connectivity index (χ1v) is 11.1. The summed E-state index contributed by atoms with van der Waals surface area (Å²) in [5.74, 6) is 0.398. The third-order valence-corrected chi connectivity index (χ3v) is 6.43. The van der Waals surface area contributed by atoms with Crippen molar-refractivity contribution in [2.45, 2.75) is 52.2 Å². The molecule has 2 fully saturated rings. The zero-order valence-electron chi connectivity index (χ0n) is 18.0. The number of carbonyl (C=O) groups is 1. The molecule has 2 aliphatic heterocycles. The third kappa shape index (κ3) is 5.08. The van der Waals surface area contributed by atoms with Gasteiger partial charge in [-0.1, -0.05) is 29.4 Å². The third-order valence-electron chi connectivity index (χ3n) is 6.43. The molecule has 0 saturated carbocycles. The normalized spacial score (nSPS) is 20.5. The molecule has 0 aliphatic carbocycles. The number of benzene rings is 1. The number of piperidine rings is 1. The van der Waals surface area contributed by atoms with Crippen molar-refractivity contribution < 1.29 is 14.2 Å². The highest BCUT2D eigenvalue weighted by atomic mass is 16.6. The number of ether oxygens (including phenoxy) is 1. The minimum atomic E-state index is -0.0911. The molecule has 2 saturated heterocycles. The van der Waals surface area contributed by atoms with Gasteiger partial charge >= 0.3 is 0 Å². The van der Waals surface area contributed by atoms with Gasteiger partial charge in [0.25, 0.3) is 5.91 Å². The standard InChI is InChI=1S/C23H32N4O3/c1-17-6-3-4-7-20(17)15-26-11-9-19(10-12-26)14-27(16-21-8-5-13-29-21)23(28)22-18(2)24-30-25-22/h3-4,6-7,19,21H,5,8-16H2,1-2H3/t21-/m1/s1. The van der Waals surface area contributed by atoms with Gasteiger partial charge in [0.05, 0.1) is 6.10 Å². The maximum atomic E-state index is 13.1. The first kappa shape index (κ1) is 21.0. The number of rotatable bonds is 7. The van der Waals surface area contributed by atoms with Gasteiger partial charge in [0, 0.05) is 26.2 Å². The maximum absolute atomic E-state index is 13.1. The Labute approximate surface area is 178 Å². The van der Waals surface area contributed by atoms with Crippen molar-refractivity contribution in [1.29, 1.82) is 0 Å². The monoisotopic (exact) mass is 412 g/mol. The predicted octanol–water partition coefficient (Wildman–Crippen LogP) is 3.22. The topological polar surface area (TPSA) is 71.7 Å². The number of aromatic nitrogens is 2. The summed E-state index contributed by atoms with van der Waals surface area (Å²) >= 11 is 0. The number of amides is 1. The number of likely N-dealkylation sites (tertiary alicyclic amines) is 1. The Bertz CT molecular complexity index is 838. The Morgan fingerprint density at radius 2 is 1.93 bits per heavy atom. The van der Waals surface area contributed by atoms with Crippen LogP contribution in [-0.2, 0) is 11.3 Å². The van der Waals surface area contributed by atoms with E-state index in [0.29, 0.717) is 23.9 Å². The van der Waals surface area contributed by atoms with Gasteiger partial charge in [-0.3, -0.25) is 9.69 Å². The summed E-state index contributed by atoms with van der Waals surface area (Å²) in [4.78, 5) is 17.6. The van der Waals surface area contributed by atoms with E-state index >= 15 is 0 Å². The summed E-state index contributed by atoms with van der Waals surface area (Å²) in [6.45, 7) is 9.21. The lowest BCUT2D eigenvalue weighted by Gasteiger charge is -2.35. The predicted molar refractivity (Wildman–Crippen MR) is 113 cm³/mol. The molecule has 30 heavy (non-hydrogen) atoms. The minimum Gasteiger partial charge on any atom is -0.376 e. The van der Waals surface area contributed by atoms with Gasteiger partial charge in [-0.15, -0.1) is 0 Å². The number of nitrogens with zero attached hydrogens (tertiary/aromatic N) is 4. The fourth-order valence-corrected chi connectivity index (χ4v) is 4.52. The Hall–Kier alpha value is -2.25. The highest BCUT2D eigenvalue weighted by Crippen LogP contribution is 2.23. The van der Waals surface area contributed by atoms with Crippen molar-refractivity contribution in [1.82, 2.24) is 20.1 Å². The molecule has 1 atom stereocenters. The Balaban J connectivity index is 1.35. The van der Waals surface area contributed by atoms with E-state index in [4.69, 9.17) is 9.37 Å². The molecule has 7 nitrogen and oxygen atoms in total. The summed E-state index contributed by atoms with van der Waals surface area (Å²) < 4.78 is 10.6. The summed E-state index contributed by atoms with van der Waals surface area (Å²) in [6, 6.07) is 8.61. The van der Waals surface area contributed by atoms with Crippen LogP contribution in [0, 0.1) is 19.8 Å². The van der Waals surface area contributed by atoms with Crippen LogP contribution in [0.1, 0.15) is 53.0 Å². The van der Waals surface area contributed by atoms with Gasteiger partial charge in [-0.05, 0) is 74.8 Å². The van der Waals surface area contributed by atoms with Gasteiger partial charge in [0.1, 0.15) is 5.69 Å². The van der Waals surface area contributed by atoms with Crippen molar-refractivity contribution in [3.8, 4) is 0 Å². The van der Waals surface area contributed by atoms with Crippen molar-refractivity contribution in [2.24, 2.45) is 5.92 Å². The summed E-state index contributed by atoms with van der Waals surface area (Å²) in [5.41, 5.74) is 3.63. The van der Waals surface area contributed by atoms with E-state index < -0.39 is 0 Å². The molecule has 0 N–H and O–H groups in total. The highest BCUT2D eigenvalue weighted by molar-refractivity contribution is 5.93. The number of aryl methyl sites for hydroxylation is 2. The number of hydrogen-bond acceptors (Lipinski definition) is 6. The van der Waals surface area contributed by atoms with Crippen LogP contribution in [0.3, 0.4) is 0 Å². The van der Waals surface area contributed by atoms with Crippen molar-refractivity contribution >= 4 is 5.91 Å². The average molecular weight is 413 g/mol. The molecular weight excluding hydrogens is 380 g/mol. The van der Waals surface area contributed by atoms with Crippen LogP contribution in [0.15, 0.2) is 28.9 Å². The second-order valence-electron chi connectivity index (χ2n) is 8.69. The molecule has 0 unspecified atom stereocenters. The van der Waals surface area contributed by atoms with Crippen LogP contribution in [0.2, 0.25) is 0 Å². The fourth-order valence-electron chi connectivity index (χ4n) is 4.52. The largest absolute Gasteiger partial charge is 0.376 e. The molecular formula is C23H32N4O3. The highest BCUT2D eigenvalue weighted by Gasteiger charge is 2.30. The van der Waals surface area contributed by atoms with E-state index in [1.54, 1.807) is 6.92 Å². The lowest BCUT2D eigenvalue weighted by atomic mass is 9.95. The Kier molecular flexibility index (Phi) is 6.79. The summed E-state index contributed by atoms with van der Waals surface area (Å²) in [6.07, 6.45) is 4.38. The smallest absolute Gasteiger partial charge is 0.278 e. The van der Waals surface area contributed by atoms with Gasteiger partial charge < -0.3 is 9.64 Å². The molecule has 1 aromatic carbocycles. The molecule has 0 spiro atoms. The number of carbonyl (C=O) groups excluding carboxylic acids is 1. The van der Waals surface area contributed by atoms with E-state index in [0.717, 1.165) is 58.5 Å². The second kappa shape index (κ2) is 9.71. The molecule has 0 bridgehead atoms. The average Bonchev–Trinajstić information content (AvgIpc) is 3.42. The van der Waals surface area contributed by atoms with Crippen LogP contribution < -0.4 is 0 Å². The molecule has 0 radical (unpaired) electrons. The Morgan fingerprint density at radius 1 is 1.13 bits per heavy atom. The molecule has 162 valence electrons. The van der Waals surface area contributed by atoms with Crippen LogP contribution in [0.25, 0.3) is 0 Å². The second-order valence-corrected chi connectivity index (χ2v) is 8.69. The zero-order valence-corrected chi connectivity index (χ0v) is 18.0. The van der Waals surface area contributed by atoms with Crippen LogP contribution in [0.5, 0.6) is 0 Å². The van der Waals surface area contributed by atoms with Crippen molar-refractivity contribution in [3.63, 3.8) is 0 Å². The quantitative estimate of drug-likeness (QED) is 0.695. The summed E-state index contributed by atoms with van der Waals surface area (Å²) in [5, 5.41) is 7.63. The lowest BCUT2D eigenvalue weighted by molar-refractivity contribution is 0.0436. The molecule has 7 heteroatoms. The van der Waals surface area contributed by atoms with Gasteiger partial charge in [-0.2, -0.15) is 0 Å². The van der Waals surface area contributed by atoms with E-state index in [2.05, 4.69) is 46.4 Å². The molecule has 2 aromatic rings. The van der Waals surface area contributed by atoms with Gasteiger partial charge in [-0.25, -0.2) is 4.63 Å².